The van der Waals surface area contributed by atoms with Crippen LogP contribution in [0, 0.1) is 0 Å². The van der Waals surface area contributed by atoms with Gasteiger partial charge in [-0.1, -0.05) is 12.1 Å². The van der Waals surface area contributed by atoms with Crippen LogP contribution in [0.2, 0.25) is 0 Å². The monoisotopic (exact) mass is 346 g/mol. The molecule has 4 heterocycles. The molecule has 1 N–H and O–H groups in total. The number of ether oxygens (including phenoxy) is 1. The Bertz CT molecular complexity index is 960. The van der Waals surface area contributed by atoms with Crippen LogP contribution in [-0.2, 0) is 11.3 Å². The van der Waals surface area contributed by atoms with Crippen LogP contribution in [0.3, 0.4) is 0 Å². The second-order valence-corrected chi connectivity index (χ2v) is 6.38. The van der Waals surface area contributed by atoms with Gasteiger partial charge in [-0.2, -0.15) is 5.10 Å². The molecule has 0 spiro atoms. The molecule has 5 rings (SSSR count). The minimum Gasteiger partial charge on any atom is -0.378 e. The predicted octanol–water partition coefficient (Wildman–Crippen LogP) is 2.05. The molecule has 2 aliphatic heterocycles. The van der Waals surface area contributed by atoms with Gasteiger partial charge in [-0.15, -0.1) is 0 Å². The molecule has 0 atom stereocenters. The van der Waals surface area contributed by atoms with Crippen LogP contribution in [0.15, 0.2) is 48.0 Å². The molecule has 7 heteroatoms. The topological polar surface area (TPSA) is 79.3 Å². The Hall–Kier alpha value is -3.06. The van der Waals surface area contributed by atoms with Crippen molar-refractivity contribution in [2.75, 3.05) is 31.2 Å². The first-order valence-corrected chi connectivity index (χ1v) is 8.70. The molecule has 0 bridgehead atoms. The Morgan fingerprint density at radius 3 is 2.81 bits per heavy atom. The summed E-state index contributed by atoms with van der Waals surface area (Å²) < 4.78 is 5.43. The lowest BCUT2D eigenvalue weighted by Crippen LogP contribution is -2.36. The van der Waals surface area contributed by atoms with Gasteiger partial charge in [0.05, 0.1) is 37.4 Å². The maximum absolute atomic E-state index is 5.43. The quantitative estimate of drug-likeness (QED) is 0.785. The summed E-state index contributed by atoms with van der Waals surface area (Å²) >= 11 is 0. The molecule has 1 aromatic carbocycles. The summed E-state index contributed by atoms with van der Waals surface area (Å²) in [4.78, 5) is 15.9. The van der Waals surface area contributed by atoms with Crippen LogP contribution in [0.25, 0.3) is 11.1 Å². The Morgan fingerprint density at radius 2 is 1.96 bits per heavy atom. The van der Waals surface area contributed by atoms with Crippen molar-refractivity contribution in [1.29, 1.82) is 0 Å². The molecule has 0 amide bonds. The fourth-order valence-corrected chi connectivity index (χ4v) is 3.43. The molecule has 26 heavy (non-hydrogen) atoms. The molecule has 0 aliphatic carbocycles. The number of aromatic nitrogens is 4. The van der Waals surface area contributed by atoms with Crippen molar-refractivity contribution in [3.05, 3.63) is 59.8 Å². The largest absolute Gasteiger partial charge is 0.378 e. The summed E-state index contributed by atoms with van der Waals surface area (Å²) in [6.07, 6.45) is 5.35. The number of fused-ring (bicyclic) bond motifs is 1. The Labute approximate surface area is 150 Å². The van der Waals surface area contributed by atoms with Gasteiger partial charge in [-0.25, -0.2) is 9.97 Å². The first-order valence-electron chi connectivity index (χ1n) is 8.70. The second kappa shape index (κ2) is 6.34. The molecule has 1 saturated heterocycles. The number of rotatable bonds is 3. The van der Waals surface area contributed by atoms with E-state index in [1.54, 1.807) is 6.33 Å². The molecule has 3 aromatic rings. The van der Waals surface area contributed by atoms with Gasteiger partial charge in [0, 0.05) is 36.5 Å². The summed E-state index contributed by atoms with van der Waals surface area (Å²) in [5.41, 5.74) is 6.34. The number of benzene rings is 1. The molecule has 7 nitrogen and oxygen atoms in total. The van der Waals surface area contributed by atoms with E-state index in [2.05, 4.69) is 43.3 Å². The third-order valence-electron chi connectivity index (χ3n) is 4.83. The van der Waals surface area contributed by atoms with Gasteiger partial charge in [-0.3, -0.25) is 10.1 Å². The van der Waals surface area contributed by atoms with Gasteiger partial charge < -0.3 is 9.64 Å². The van der Waals surface area contributed by atoms with Gasteiger partial charge >= 0.3 is 0 Å². The van der Waals surface area contributed by atoms with E-state index in [4.69, 9.17) is 9.73 Å². The fraction of sp³-hybridized carbons (Fsp3) is 0.263. The summed E-state index contributed by atoms with van der Waals surface area (Å²) in [7, 11) is 0. The molecule has 0 radical (unpaired) electrons. The number of aromatic amines is 1. The molecular formula is C19H18N6O. The van der Waals surface area contributed by atoms with Gasteiger partial charge in [0.15, 0.2) is 0 Å². The number of nitrogens with zero attached hydrogens (tertiary/aromatic N) is 5. The zero-order chi connectivity index (χ0) is 17.3. The average Bonchev–Trinajstić information content (AvgIpc) is 3.38. The second-order valence-electron chi connectivity index (χ2n) is 6.38. The number of H-pyrrole nitrogens is 1. The van der Waals surface area contributed by atoms with Crippen molar-refractivity contribution in [2.24, 2.45) is 4.99 Å². The van der Waals surface area contributed by atoms with Crippen molar-refractivity contribution in [3.63, 3.8) is 0 Å². The van der Waals surface area contributed by atoms with Gasteiger partial charge in [-0.05, 0) is 17.2 Å². The zero-order valence-electron chi connectivity index (χ0n) is 14.2. The van der Waals surface area contributed by atoms with Gasteiger partial charge in [0.25, 0.3) is 0 Å². The number of hydrogen-bond acceptors (Lipinski definition) is 6. The third kappa shape index (κ3) is 2.66. The summed E-state index contributed by atoms with van der Waals surface area (Å²) in [6.45, 7) is 3.86. The van der Waals surface area contributed by atoms with E-state index >= 15 is 0 Å². The highest BCUT2D eigenvalue weighted by Gasteiger charge is 2.21. The van der Waals surface area contributed by atoms with Crippen molar-refractivity contribution >= 4 is 11.5 Å². The molecule has 0 saturated carbocycles. The first kappa shape index (κ1) is 15.2. The fourth-order valence-electron chi connectivity index (χ4n) is 3.43. The van der Waals surface area contributed by atoms with E-state index in [1.165, 1.54) is 5.56 Å². The van der Waals surface area contributed by atoms with E-state index in [0.717, 1.165) is 60.2 Å². The first-order chi connectivity index (χ1) is 12.9. The molecular weight excluding hydrogens is 328 g/mol. The van der Waals surface area contributed by atoms with E-state index in [0.29, 0.717) is 6.54 Å². The molecule has 0 unspecified atom stereocenters. The van der Waals surface area contributed by atoms with E-state index in [-0.39, 0.29) is 0 Å². The summed E-state index contributed by atoms with van der Waals surface area (Å²) in [5, 5.41) is 6.91. The zero-order valence-corrected chi connectivity index (χ0v) is 14.2. The highest BCUT2D eigenvalue weighted by molar-refractivity contribution is 6.14. The Morgan fingerprint density at radius 1 is 1.04 bits per heavy atom. The highest BCUT2D eigenvalue weighted by Crippen LogP contribution is 2.28. The standard InChI is InChI=1S/C19H18N6O/c1-2-14-9-20-19(16(14)7-13(1)15-10-23-24-11-15)17-8-18(22-12-21-17)25-3-5-26-6-4-25/h1-2,7-8,10-12H,3-6,9H2,(H,23,24). The predicted molar refractivity (Wildman–Crippen MR) is 98.4 cm³/mol. The van der Waals surface area contributed by atoms with E-state index < -0.39 is 0 Å². The number of aliphatic imine (C=N–C) groups is 1. The Kier molecular flexibility index (Phi) is 3.71. The van der Waals surface area contributed by atoms with Crippen LogP contribution < -0.4 is 4.90 Å². The number of hydrogen-bond donors (Lipinski definition) is 1. The van der Waals surface area contributed by atoms with E-state index in [1.807, 2.05) is 18.5 Å². The maximum atomic E-state index is 5.43. The SMILES string of the molecule is c1nc(C2=NCc3ccc(-c4cn[nH]c4)cc32)cc(N2CCOCC2)n1. The summed E-state index contributed by atoms with van der Waals surface area (Å²) in [6, 6.07) is 8.45. The lowest BCUT2D eigenvalue weighted by Gasteiger charge is -2.27. The minimum atomic E-state index is 0.688. The van der Waals surface area contributed by atoms with Crippen molar-refractivity contribution in [1.82, 2.24) is 20.2 Å². The molecule has 2 aliphatic rings. The average molecular weight is 346 g/mol. The van der Waals surface area contributed by atoms with Crippen molar-refractivity contribution in [3.8, 4) is 11.1 Å². The van der Waals surface area contributed by atoms with Crippen LogP contribution in [0.5, 0.6) is 0 Å². The lowest BCUT2D eigenvalue weighted by atomic mass is 9.98. The van der Waals surface area contributed by atoms with Crippen LogP contribution in [-0.4, -0.2) is 52.2 Å². The summed E-state index contributed by atoms with van der Waals surface area (Å²) in [5.74, 6) is 0.931. The number of nitrogens with one attached hydrogen (secondary N) is 1. The maximum Gasteiger partial charge on any atom is 0.132 e. The molecule has 1 fully saturated rings. The lowest BCUT2D eigenvalue weighted by molar-refractivity contribution is 0.122. The van der Waals surface area contributed by atoms with Gasteiger partial charge in [0.1, 0.15) is 12.1 Å². The molecule has 130 valence electrons. The molecule has 2 aromatic heterocycles. The Balaban J connectivity index is 1.50. The smallest absolute Gasteiger partial charge is 0.132 e. The van der Waals surface area contributed by atoms with Crippen LogP contribution >= 0.6 is 0 Å². The van der Waals surface area contributed by atoms with Gasteiger partial charge in [0.2, 0.25) is 0 Å². The van der Waals surface area contributed by atoms with Crippen molar-refractivity contribution in [2.45, 2.75) is 6.54 Å². The van der Waals surface area contributed by atoms with Crippen LogP contribution in [0.4, 0.5) is 5.82 Å². The third-order valence-corrected chi connectivity index (χ3v) is 4.83. The normalized spacial score (nSPS) is 16.5. The minimum absolute atomic E-state index is 0.688. The van der Waals surface area contributed by atoms with Crippen molar-refractivity contribution < 1.29 is 4.74 Å². The van der Waals surface area contributed by atoms with E-state index in [9.17, 15) is 0 Å². The number of morpholine rings is 1. The number of anilines is 1. The van der Waals surface area contributed by atoms with Crippen LogP contribution in [0.1, 0.15) is 16.8 Å². The highest BCUT2D eigenvalue weighted by atomic mass is 16.5.